The minimum absolute atomic E-state index is 0.0371. The molecule has 1 aliphatic heterocycles. The van der Waals surface area contributed by atoms with Crippen molar-refractivity contribution in [1.29, 1.82) is 0 Å². The lowest BCUT2D eigenvalue weighted by molar-refractivity contribution is -0.00546. The smallest absolute Gasteiger partial charge is 0.283 e. The highest BCUT2D eigenvalue weighted by Gasteiger charge is 2.28. The number of aromatic nitrogens is 4. The van der Waals surface area contributed by atoms with E-state index in [0.717, 1.165) is 73.1 Å². The molecule has 11 heteroatoms. The van der Waals surface area contributed by atoms with E-state index in [-0.39, 0.29) is 29.9 Å². The van der Waals surface area contributed by atoms with Gasteiger partial charge < -0.3 is 9.64 Å². The van der Waals surface area contributed by atoms with Gasteiger partial charge in [0.15, 0.2) is 5.65 Å². The van der Waals surface area contributed by atoms with Crippen LogP contribution in [0.25, 0.3) is 22.2 Å². The summed E-state index contributed by atoms with van der Waals surface area (Å²) in [7, 11) is -3.76. The maximum Gasteiger partial charge on any atom is 0.283 e. The largest absolute Gasteiger partial charge is 0.372 e. The molecular formula is C28H38N6O4S. The minimum Gasteiger partial charge on any atom is -0.372 e. The fraction of sp³-hybridized carbons (Fsp3) is 0.571. The van der Waals surface area contributed by atoms with Crippen molar-refractivity contribution < 1.29 is 17.9 Å². The summed E-state index contributed by atoms with van der Waals surface area (Å²) in [5.74, 6) is 0.226. The molecule has 39 heavy (non-hydrogen) atoms. The van der Waals surface area contributed by atoms with Crippen molar-refractivity contribution in [2.24, 2.45) is 0 Å². The maximum absolute atomic E-state index is 13.0. The summed E-state index contributed by atoms with van der Waals surface area (Å²) in [4.78, 5) is 24.7. The van der Waals surface area contributed by atoms with Crippen LogP contribution in [-0.2, 0) is 14.8 Å². The Kier molecular flexibility index (Phi) is 7.65. The molecule has 5 rings (SSSR count). The molecule has 1 aliphatic carbocycles. The molecule has 2 unspecified atom stereocenters. The third kappa shape index (κ3) is 5.94. The molecule has 3 aromatic heterocycles. The summed E-state index contributed by atoms with van der Waals surface area (Å²) in [5, 5.41) is 5.93. The molecule has 2 atom stereocenters. The number of fused-ring (bicyclic) bond motifs is 1. The van der Waals surface area contributed by atoms with E-state index in [1.54, 1.807) is 6.07 Å². The molecule has 210 valence electrons. The van der Waals surface area contributed by atoms with E-state index in [1.807, 2.05) is 23.0 Å². The van der Waals surface area contributed by atoms with Gasteiger partial charge in [0.25, 0.3) is 5.91 Å². The zero-order valence-electron chi connectivity index (χ0n) is 23.3. The van der Waals surface area contributed by atoms with Crippen molar-refractivity contribution in [3.63, 3.8) is 0 Å². The fourth-order valence-electron chi connectivity index (χ4n) is 5.81. The zero-order chi connectivity index (χ0) is 27.9. The fourth-order valence-corrected chi connectivity index (χ4v) is 6.25. The van der Waals surface area contributed by atoms with Crippen LogP contribution in [0, 0.1) is 0 Å². The molecule has 1 saturated carbocycles. The maximum atomic E-state index is 13.0. The topological polar surface area (TPSA) is 119 Å². The molecular weight excluding hydrogens is 516 g/mol. The number of sulfonamides is 1. The zero-order valence-corrected chi connectivity index (χ0v) is 24.2. The molecule has 2 fully saturated rings. The number of ether oxygens (including phenoxy) is 1. The lowest BCUT2D eigenvalue weighted by Crippen LogP contribution is -2.45. The van der Waals surface area contributed by atoms with Crippen LogP contribution in [0.5, 0.6) is 0 Å². The van der Waals surface area contributed by atoms with Gasteiger partial charge in [0.05, 0.1) is 35.6 Å². The van der Waals surface area contributed by atoms with Crippen LogP contribution in [0.2, 0.25) is 0 Å². The number of pyridine rings is 2. The van der Waals surface area contributed by atoms with E-state index < -0.39 is 15.9 Å². The van der Waals surface area contributed by atoms with Gasteiger partial charge in [-0.25, -0.2) is 27.8 Å². The number of carbonyl (C=O) groups excluding carboxylic acids is 1. The Hall–Kier alpha value is -3.05. The minimum atomic E-state index is -3.76. The van der Waals surface area contributed by atoms with Gasteiger partial charge in [-0.15, -0.1) is 0 Å². The number of nitrogens with one attached hydrogen (secondary N) is 1. The summed E-state index contributed by atoms with van der Waals surface area (Å²) in [6.07, 6.45) is 8.44. The number of hydrogen-bond donors (Lipinski definition) is 1. The van der Waals surface area contributed by atoms with Crippen molar-refractivity contribution in [2.75, 3.05) is 24.2 Å². The Morgan fingerprint density at radius 3 is 2.38 bits per heavy atom. The van der Waals surface area contributed by atoms with Crippen molar-refractivity contribution >= 4 is 32.8 Å². The van der Waals surface area contributed by atoms with Gasteiger partial charge in [-0.2, -0.15) is 5.10 Å². The molecule has 4 heterocycles. The third-order valence-electron chi connectivity index (χ3n) is 7.47. The molecule has 1 N–H and O–H groups in total. The predicted molar refractivity (Wildman–Crippen MR) is 152 cm³/mol. The van der Waals surface area contributed by atoms with Crippen LogP contribution in [0.15, 0.2) is 24.4 Å². The molecule has 0 spiro atoms. The van der Waals surface area contributed by atoms with Crippen molar-refractivity contribution in [2.45, 2.75) is 84.0 Å². The molecule has 3 aromatic rings. The number of anilines is 1. The normalized spacial score (nSPS) is 21.0. The number of carbonyl (C=O) groups is 1. The van der Waals surface area contributed by atoms with Crippen molar-refractivity contribution in [1.82, 2.24) is 24.5 Å². The summed E-state index contributed by atoms with van der Waals surface area (Å²) in [6, 6.07) is 5.84. The standard InChI is InChI=1S/C28H38N6O4S/c1-17(2)26-25-22(20-11-12-24(29-14-20)33-15-18(3)38-19(4)16-33)13-23(28(35)32-39(5,36)37)30-27(25)34(31-26)21-9-7-6-8-10-21/h11-14,17-19,21H,6-10,15-16H2,1-5H3,(H,32,35). The molecule has 1 saturated heterocycles. The van der Waals surface area contributed by atoms with Gasteiger partial charge in [0.1, 0.15) is 11.5 Å². The Labute approximate surface area is 230 Å². The number of hydrogen-bond acceptors (Lipinski definition) is 8. The molecule has 0 aromatic carbocycles. The summed E-state index contributed by atoms with van der Waals surface area (Å²) < 4.78 is 33.7. The number of amides is 1. The second kappa shape index (κ2) is 10.8. The highest BCUT2D eigenvalue weighted by molar-refractivity contribution is 7.89. The van der Waals surface area contributed by atoms with Crippen LogP contribution in [0.4, 0.5) is 5.82 Å². The summed E-state index contributed by atoms with van der Waals surface area (Å²) in [6.45, 7) is 9.85. The van der Waals surface area contributed by atoms with Gasteiger partial charge >= 0.3 is 0 Å². The lowest BCUT2D eigenvalue weighted by Gasteiger charge is -2.36. The Balaban J connectivity index is 1.65. The van der Waals surface area contributed by atoms with Crippen LogP contribution in [0.3, 0.4) is 0 Å². The van der Waals surface area contributed by atoms with Crippen LogP contribution < -0.4 is 9.62 Å². The van der Waals surface area contributed by atoms with Crippen LogP contribution >= 0.6 is 0 Å². The highest BCUT2D eigenvalue weighted by Crippen LogP contribution is 2.38. The molecule has 0 bridgehead atoms. The SMILES string of the molecule is CC1CN(c2ccc(-c3cc(C(=O)NS(C)(=O)=O)nc4c3c(C(C)C)nn4C3CCCCC3)cn2)CC(C)O1. The third-order valence-corrected chi connectivity index (χ3v) is 8.03. The summed E-state index contributed by atoms with van der Waals surface area (Å²) >= 11 is 0. The average molecular weight is 555 g/mol. The lowest BCUT2D eigenvalue weighted by atomic mass is 9.95. The number of rotatable bonds is 6. The molecule has 1 amide bonds. The van der Waals surface area contributed by atoms with Crippen LogP contribution in [-0.4, -0.2) is 65.6 Å². The van der Waals surface area contributed by atoms with E-state index in [1.165, 1.54) is 6.42 Å². The first-order valence-corrected chi connectivity index (χ1v) is 15.7. The first kappa shape index (κ1) is 27.5. The predicted octanol–water partition coefficient (Wildman–Crippen LogP) is 4.42. The monoisotopic (exact) mass is 554 g/mol. The van der Waals surface area contributed by atoms with Crippen LogP contribution in [0.1, 0.15) is 87.9 Å². The Morgan fingerprint density at radius 2 is 1.79 bits per heavy atom. The van der Waals surface area contributed by atoms with E-state index in [4.69, 9.17) is 19.8 Å². The van der Waals surface area contributed by atoms with Crippen molar-refractivity contribution in [3.05, 3.63) is 35.8 Å². The van der Waals surface area contributed by atoms with Gasteiger partial charge in [-0.05, 0) is 56.4 Å². The number of morpholine rings is 1. The van der Waals surface area contributed by atoms with E-state index in [2.05, 4.69) is 37.3 Å². The highest BCUT2D eigenvalue weighted by atomic mass is 32.2. The van der Waals surface area contributed by atoms with Gasteiger partial charge in [0.2, 0.25) is 10.0 Å². The Bertz CT molecular complexity index is 1450. The second-order valence-electron chi connectivity index (χ2n) is 11.3. The molecule has 2 aliphatic rings. The van der Waals surface area contributed by atoms with Crippen molar-refractivity contribution in [3.8, 4) is 11.1 Å². The Morgan fingerprint density at radius 1 is 1.10 bits per heavy atom. The van der Waals surface area contributed by atoms with E-state index >= 15 is 0 Å². The quantitative estimate of drug-likeness (QED) is 0.475. The molecule has 10 nitrogen and oxygen atoms in total. The molecule has 0 radical (unpaired) electrons. The number of nitrogens with zero attached hydrogens (tertiary/aromatic N) is 5. The van der Waals surface area contributed by atoms with E-state index in [9.17, 15) is 13.2 Å². The van der Waals surface area contributed by atoms with Gasteiger partial charge in [-0.1, -0.05) is 33.1 Å². The first-order valence-electron chi connectivity index (χ1n) is 13.8. The van der Waals surface area contributed by atoms with Gasteiger partial charge in [-0.3, -0.25) is 4.79 Å². The first-order chi connectivity index (χ1) is 18.5. The van der Waals surface area contributed by atoms with E-state index in [0.29, 0.717) is 5.65 Å². The summed E-state index contributed by atoms with van der Waals surface area (Å²) in [5.41, 5.74) is 3.15. The van der Waals surface area contributed by atoms with Gasteiger partial charge in [0, 0.05) is 24.8 Å². The average Bonchev–Trinajstić information content (AvgIpc) is 3.27. The second-order valence-corrected chi connectivity index (χ2v) is 13.0.